The summed E-state index contributed by atoms with van der Waals surface area (Å²) in [6.45, 7) is 4.95. The van der Waals surface area contributed by atoms with E-state index in [1.54, 1.807) is 12.5 Å². The Morgan fingerprint density at radius 2 is 1.94 bits per heavy atom. The zero-order valence-corrected chi connectivity index (χ0v) is 20.8. The van der Waals surface area contributed by atoms with Gasteiger partial charge in [-0.3, -0.25) is 14.3 Å². The number of nitrogens with zero attached hydrogens (tertiary/aromatic N) is 5. The molecule has 1 aromatic carbocycles. The molecule has 0 saturated carbocycles. The third-order valence-electron chi connectivity index (χ3n) is 6.45. The van der Waals surface area contributed by atoms with Crippen LogP contribution in [0.1, 0.15) is 44.7 Å². The molecule has 1 fully saturated rings. The number of likely N-dealkylation sites (tertiary alicyclic amines) is 1. The van der Waals surface area contributed by atoms with E-state index in [0.717, 1.165) is 29.5 Å². The van der Waals surface area contributed by atoms with E-state index in [9.17, 15) is 4.79 Å². The van der Waals surface area contributed by atoms with Gasteiger partial charge in [-0.15, -0.1) is 10.2 Å². The number of pyridine rings is 1. The van der Waals surface area contributed by atoms with Gasteiger partial charge < -0.3 is 14.1 Å². The van der Waals surface area contributed by atoms with E-state index >= 15 is 0 Å². The Labute approximate surface area is 208 Å². The van der Waals surface area contributed by atoms with Crippen molar-refractivity contribution in [3.8, 4) is 5.75 Å². The van der Waals surface area contributed by atoms with Gasteiger partial charge in [0.25, 0.3) is 0 Å². The average molecular weight is 492 g/mol. The Balaban J connectivity index is 1.33. The summed E-state index contributed by atoms with van der Waals surface area (Å²) in [4.78, 5) is 19.5. The van der Waals surface area contributed by atoms with Crippen molar-refractivity contribution in [3.63, 3.8) is 0 Å². The van der Waals surface area contributed by atoms with E-state index in [1.165, 1.54) is 18.2 Å². The monoisotopic (exact) mass is 491 g/mol. The molecule has 0 N–H and O–H groups in total. The van der Waals surface area contributed by atoms with Crippen molar-refractivity contribution in [2.75, 3.05) is 5.75 Å². The van der Waals surface area contributed by atoms with E-state index < -0.39 is 0 Å². The van der Waals surface area contributed by atoms with Crippen LogP contribution < -0.4 is 4.74 Å². The molecule has 0 radical (unpaired) electrons. The molecule has 35 heavy (non-hydrogen) atoms. The molecular formula is C26H29N5O3S. The number of benzene rings is 1. The maximum atomic E-state index is 13.1. The molecule has 1 saturated heterocycles. The van der Waals surface area contributed by atoms with Crippen molar-refractivity contribution in [3.05, 3.63) is 66.5 Å². The van der Waals surface area contributed by atoms with Gasteiger partial charge in [-0.2, -0.15) is 0 Å². The highest BCUT2D eigenvalue weighted by molar-refractivity contribution is 7.99. The number of hydrogen-bond donors (Lipinski definition) is 0. The van der Waals surface area contributed by atoms with Crippen LogP contribution in [0.2, 0.25) is 0 Å². The van der Waals surface area contributed by atoms with Crippen LogP contribution in [-0.4, -0.2) is 48.4 Å². The van der Waals surface area contributed by atoms with Crippen molar-refractivity contribution in [2.24, 2.45) is 0 Å². The van der Waals surface area contributed by atoms with Crippen molar-refractivity contribution in [1.82, 2.24) is 24.6 Å². The molecule has 2 unspecified atom stereocenters. The predicted octanol–water partition coefficient (Wildman–Crippen LogP) is 4.93. The first kappa shape index (κ1) is 23.4. The number of ether oxygens (including phenoxy) is 1. The molecular weight excluding hydrogens is 462 g/mol. The van der Waals surface area contributed by atoms with E-state index in [4.69, 9.17) is 9.15 Å². The summed E-state index contributed by atoms with van der Waals surface area (Å²) < 4.78 is 13.7. The summed E-state index contributed by atoms with van der Waals surface area (Å²) in [5, 5.41) is 10.5. The Morgan fingerprint density at radius 1 is 1.11 bits per heavy atom. The van der Waals surface area contributed by atoms with Crippen LogP contribution in [0.3, 0.4) is 0 Å². The Morgan fingerprint density at radius 3 is 2.74 bits per heavy atom. The van der Waals surface area contributed by atoms with Crippen LogP contribution in [0, 0.1) is 0 Å². The fraction of sp³-hybridized carbons (Fsp3) is 0.385. The standard InChI is InChI=1S/C26H29N5O3S/c1-18-7-3-8-19(2)31(18)24(32)17-35-26-29-28-23(30(26)15-21-11-6-14-33-21)16-34-22-12-4-9-20-10-5-13-27-25(20)22/h4-6,9-14,18-19H,3,7-8,15-17H2,1-2H3. The minimum absolute atomic E-state index is 0.141. The number of furan rings is 1. The van der Waals surface area contributed by atoms with Crippen molar-refractivity contribution >= 4 is 28.6 Å². The molecule has 1 aliphatic rings. The highest BCUT2D eigenvalue weighted by atomic mass is 32.2. The van der Waals surface area contributed by atoms with Crippen LogP contribution in [0.25, 0.3) is 10.9 Å². The fourth-order valence-corrected chi connectivity index (χ4v) is 5.52. The summed E-state index contributed by atoms with van der Waals surface area (Å²) in [5.74, 6) is 2.59. The van der Waals surface area contributed by atoms with Crippen molar-refractivity contribution in [1.29, 1.82) is 0 Å². The number of carbonyl (C=O) groups excluding carboxylic acids is 1. The number of amides is 1. The Kier molecular flexibility index (Phi) is 7.03. The molecule has 0 aliphatic carbocycles. The quantitative estimate of drug-likeness (QED) is 0.323. The van der Waals surface area contributed by atoms with Crippen molar-refractivity contribution < 1.29 is 13.9 Å². The smallest absolute Gasteiger partial charge is 0.233 e. The van der Waals surface area contributed by atoms with E-state index in [1.807, 2.05) is 51.9 Å². The molecule has 2 atom stereocenters. The minimum Gasteiger partial charge on any atom is -0.483 e. The molecule has 4 aromatic rings. The lowest BCUT2D eigenvalue weighted by molar-refractivity contribution is -0.134. The van der Waals surface area contributed by atoms with Gasteiger partial charge in [-0.1, -0.05) is 30.0 Å². The zero-order valence-electron chi connectivity index (χ0n) is 20.0. The Hall–Kier alpha value is -3.33. The first-order valence-electron chi connectivity index (χ1n) is 11.9. The topological polar surface area (TPSA) is 86.3 Å². The number of para-hydroxylation sites is 1. The third kappa shape index (κ3) is 5.19. The maximum Gasteiger partial charge on any atom is 0.233 e. The zero-order chi connectivity index (χ0) is 24.2. The van der Waals surface area contributed by atoms with Crippen LogP contribution in [0.5, 0.6) is 5.75 Å². The number of carbonyl (C=O) groups is 1. The lowest BCUT2D eigenvalue weighted by atomic mass is 9.98. The molecule has 1 aliphatic heterocycles. The van der Waals surface area contributed by atoms with Gasteiger partial charge in [-0.25, -0.2) is 0 Å². The normalized spacial score (nSPS) is 18.2. The van der Waals surface area contributed by atoms with Gasteiger partial charge in [0.15, 0.2) is 11.0 Å². The number of aromatic nitrogens is 4. The SMILES string of the molecule is CC1CCCC(C)N1C(=O)CSc1nnc(COc2cccc3cccnc23)n1Cc1ccco1. The Bertz CT molecular complexity index is 1270. The molecule has 5 rings (SSSR count). The first-order chi connectivity index (χ1) is 17.1. The molecule has 3 aromatic heterocycles. The molecule has 4 heterocycles. The lowest BCUT2D eigenvalue weighted by Crippen LogP contribution is -2.48. The van der Waals surface area contributed by atoms with Crippen LogP contribution in [0.15, 0.2) is 64.5 Å². The summed E-state index contributed by atoms with van der Waals surface area (Å²) in [7, 11) is 0. The third-order valence-corrected chi connectivity index (χ3v) is 7.40. The molecule has 9 heteroatoms. The number of piperidine rings is 1. The molecule has 182 valence electrons. The van der Waals surface area contributed by atoms with Gasteiger partial charge in [0.05, 0.1) is 18.6 Å². The predicted molar refractivity (Wildman–Crippen MR) is 134 cm³/mol. The summed E-state index contributed by atoms with van der Waals surface area (Å²) in [6.07, 6.45) is 6.68. The van der Waals surface area contributed by atoms with Crippen LogP contribution in [-0.2, 0) is 17.9 Å². The molecule has 0 bridgehead atoms. The van der Waals surface area contributed by atoms with Gasteiger partial charge in [-0.05, 0) is 57.4 Å². The van der Waals surface area contributed by atoms with Gasteiger partial charge in [0, 0.05) is 23.7 Å². The molecule has 8 nitrogen and oxygen atoms in total. The minimum atomic E-state index is 0.141. The fourth-order valence-electron chi connectivity index (χ4n) is 4.70. The summed E-state index contributed by atoms with van der Waals surface area (Å²) in [6, 6.07) is 14.1. The number of hydrogen-bond acceptors (Lipinski definition) is 7. The molecule has 0 spiro atoms. The van der Waals surface area contributed by atoms with Gasteiger partial charge in [0.2, 0.25) is 5.91 Å². The largest absolute Gasteiger partial charge is 0.483 e. The second-order valence-corrected chi connectivity index (χ2v) is 9.85. The maximum absolute atomic E-state index is 13.1. The second-order valence-electron chi connectivity index (χ2n) is 8.90. The second kappa shape index (κ2) is 10.5. The lowest BCUT2D eigenvalue weighted by Gasteiger charge is -2.39. The number of thioether (sulfide) groups is 1. The average Bonchev–Trinajstić information content (AvgIpc) is 3.51. The van der Waals surface area contributed by atoms with E-state index in [2.05, 4.69) is 29.0 Å². The first-order valence-corrected chi connectivity index (χ1v) is 12.9. The van der Waals surface area contributed by atoms with Crippen LogP contribution >= 0.6 is 11.8 Å². The summed E-state index contributed by atoms with van der Waals surface area (Å²) in [5.41, 5.74) is 0.803. The van der Waals surface area contributed by atoms with Crippen molar-refractivity contribution in [2.45, 2.75) is 63.5 Å². The molecule has 1 amide bonds. The van der Waals surface area contributed by atoms with Crippen LogP contribution in [0.4, 0.5) is 0 Å². The number of fused-ring (bicyclic) bond motifs is 1. The highest BCUT2D eigenvalue weighted by Crippen LogP contribution is 2.27. The van der Waals surface area contributed by atoms with E-state index in [-0.39, 0.29) is 24.6 Å². The van der Waals surface area contributed by atoms with E-state index in [0.29, 0.717) is 29.0 Å². The summed E-state index contributed by atoms with van der Waals surface area (Å²) >= 11 is 1.41. The highest BCUT2D eigenvalue weighted by Gasteiger charge is 2.29. The number of rotatable bonds is 8. The van der Waals surface area contributed by atoms with Gasteiger partial charge >= 0.3 is 0 Å². The van der Waals surface area contributed by atoms with Gasteiger partial charge in [0.1, 0.15) is 23.6 Å².